The third-order valence-corrected chi connectivity index (χ3v) is 2.12. The van der Waals surface area contributed by atoms with Gasteiger partial charge in [-0.25, -0.2) is 0 Å². The van der Waals surface area contributed by atoms with Gasteiger partial charge in [0.05, 0.1) is 6.10 Å². The molecule has 1 aromatic rings. The summed E-state index contributed by atoms with van der Waals surface area (Å²) in [5.74, 6) is 2.60. The van der Waals surface area contributed by atoms with Crippen LogP contribution in [0.1, 0.15) is 37.5 Å². The lowest BCUT2D eigenvalue weighted by Crippen LogP contribution is -2.00. The van der Waals surface area contributed by atoms with Gasteiger partial charge in [0.2, 0.25) is 0 Å². The van der Waals surface area contributed by atoms with Gasteiger partial charge in [-0.2, -0.15) is 0 Å². The molecule has 1 rings (SSSR count). The Bertz CT molecular complexity index is 305. The summed E-state index contributed by atoms with van der Waals surface area (Å²) in [4.78, 5) is 0. The van der Waals surface area contributed by atoms with Crippen LogP contribution in [0.15, 0.2) is 24.3 Å². The van der Waals surface area contributed by atoms with Crippen molar-refractivity contribution in [3.05, 3.63) is 35.4 Å². The van der Waals surface area contributed by atoms with Gasteiger partial charge in [0.25, 0.3) is 0 Å². The Morgan fingerprint density at radius 3 is 2.50 bits per heavy atom. The lowest BCUT2D eigenvalue weighted by Gasteiger charge is -2.12. The molecule has 0 amide bonds. The van der Waals surface area contributed by atoms with E-state index in [0.717, 1.165) is 18.6 Å². The molecule has 0 aromatic heterocycles. The lowest BCUT2D eigenvalue weighted by atomic mass is 10.1. The van der Waals surface area contributed by atoms with E-state index in [9.17, 15) is 0 Å². The Labute approximate surface area is 86.1 Å². The van der Waals surface area contributed by atoms with E-state index < -0.39 is 0 Å². The fourth-order valence-electron chi connectivity index (χ4n) is 1.24. The second-order valence-corrected chi connectivity index (χ2v) is 3.28. The van der Waals surface area contributed by atoms with E-state index >= 15 is 0 Å². The lowest BCUT2D eigenvalue weighted by molar-refractivity contribution is 0.0663. The highest BCUT2D eigenvalue weighted by Gasteiger charge is 2.03. The van der Waals surface area contributed by atoms with Crippen molar-refractivity contribution in [2.24, 2.45) is 0 Å². The monoisotopic (exact) mass is 188 g/mol. The maximum absolute atomic E-state index is 5.60. The molecule has 0 fully saturated rings. The number of rotatable bonds is 4. The molecule has 0 radical (unpaired) electrons. The van der Waals surface area contributed by atoms with Gasteiger partial charge in [0, 0.05) is 12.2 Å². The van der Waals surface area contributed by atoms with Gasteiger partial charge >= 0.3 is 0 Å². The molecule has 1 atom stereocenters. The van der Waals surface area contributed by atoms with E-state index in [4.69, 9.17) is 11.2 Å². The van der Waals surface area contributed by atoms with Crippen molar-refractivity contribution in [1.82, 2.24) is 0 Å². The molecule has 0 aliphatic rings. The average Bonchev–Trinajstić information content (AvgIpc) is 2.26. The van der Waals surface area contributed by atoms with Gasteiger partial charge in [-0.05, 0) is 31.0 Å². The second kappa shape index (κ2) is 5.47. The van der Waals surface area contributed by atoms with E-state index in [1.807, 2.05) is 24.3 Å². The first-order chi connectivity index (χ1) is 6.77. The third kappa shape index (κ3) is 2.90. The maximum atomic E-state index is 5.60. The zero-order valence-corrected chi connectivity index (χ0v) is 8.79. The fourth-order valence-corrected chi connectivity index (χ4v) is 1.24. The van der Waals surface area contributed by atoms with Crippen LogP contribution in [-0.2, 0) is 4.74 Å². The Balaban J connectivity index is 2.63. The molecule has 0 saturated heterocycles. The van der Waals surface area contributed by atoms with Gasteiger partial charge in [-0.15, -0.1) is 6.42 Å². The van der Waals surface area contributed by atoms with Crippen molar-refractivity contribution in [2.45, 2.75) is 26.4 Å². The van der Waals surface area contributed by atoms with E-state index in [0.29, 0.717) is 0 Å². The molecule has 74 valence electrons. The van der Waals surface area contributed by atoms with Crippen molar-refractivity contribution in [3.63, 3.8) is 0 Å². The molecule has 0 spiro atoms. The molecule has 0 N–H and O–H groups in total. The topological polar surface area (TPSA) is 9.23 Å². The van der Waals surface area contributed by atoms with E-state index in [-0.39, 0.29) is 6.10 Å². The molecule has 0 saturated carbocycles. The van der Waals surface area contributed by atoms with Crippen LogP contribution >= 0.6 is 0 Å². The number of hydrogen-bond acceptors (Lipinski definition) is 1. The van der Waals surface area contributed by atoms with Crippen molar-refractivity contribution >= 4 is 0 Å². The summed E-state index contributed by atoms with van der Waals surface area (Å²) >= 11 is 0. The smallest absolute Gasteiger partial charge is 0.0796 e. The maximum Gasteiger partial charge on any atom is 0.0796 e. The van der Waals surface area contributed by atoms with Gasteiger partial charge < -0.3 is 4.74 Å². The van der Waals surface area contributed by atoms with Crippen LogP contribution in [-0.4, -0.2) is 6.61 Å². The first kappa shape index (κ1) is 10.8. The van der Waals surface area contributed by atoms with Crippen molar-refractivity contribution in [1.29, 1.82) is 0 Å². The van der Waals surface area contributed by atoms with Gasteiger partial charge in [0.1, 0.15) is 0 Å². The van der Waals surface area contributed by atoms with Crippen molar-refractivity contribution in [2.75, 3.05) is 6.61 Å². The molecular weight excluding hydrogens is 172 g/mol. The number of hydrogen-bond donors (Lipinski definition) is 0. The predicted octanol–water partition coefficient (Wildman–Crippen LogP) is 3.16. The molecular formula is C13H16O. The minimum absolute atomic E-state index is 0.154. The summed E-state index contributed by atoms with van der Waals surface area (Å²) in [6.45, 7) is 4.97. The molecule has 1 unspecified atom stereocenters. The zero-order chi connectivity index (χ0) is 10.4. The van der Waals surface area contributed by atoms with E-state index in [2.05, 4.69) is 19.8 Å². The van der Waals surface area contributed by atoms with Gasteiger partial charge in [0.15, 0.2) is 0 Å². The molecule has 1 heteroatoms. The summed E-state index contributed by atoms with van der Waals surface area (Å²) in [6, 6.07) is 7.94. The first-order valence-electron chi connectivity index (χ1n) is 4.96. The highest BCUT2D eigenvalue weighted by atomic mass is 16.5. The highest BCUT2D eigenvalue weighted by molar-refractivity contribution is 5.34. The SMILES string of the molecule is C#Cc1ccc(C(C)OCCC)cc1. The van der Waals surface area contributed by atoms with Crippen LogP contribution in [0, 0.1) is 12.3 Å². The molecule has 0 bridgehead atoms. The number of benzene rings is 1. The Morgan fingerprint density at radius 1 is 1.36 bits per heavy atom. The van der Waals surface area contributed by atoms with Gasteiger partial charge in [-0.3, -0.25) is 0 Å². The van der Waals surface area contributed by atoms with Crippen LogP contribution in [0.4, 0.5) is 0 Å². The van der Waals surface area contributed by atoms with E-state index in [1.54, 1.807) is 0 Å². The summed E-state index contributed by atoms with van der Waals surface area (Å²) in [5, 5.41) is 0. The minimum atomic E-state index is 0.154. The molecule has 1 nitrogen and oxygen atoms in total. The second-order valence-electron chi connectivity index (χ2n) is 3.28. The zero-order valence-electron chi connectivity index (χ0n) is 8.79. The summed E-state index contributed by atoms with van der Waals surface area (Å²) in [6.07, 6.45) is 6.48. The molecule has 1 aromatic carbocycles. The third-order valence-electron chi connectivity index (χ3n) is 2.12. The first-order valence-corrected chi connectivity index (χ1v) is 4.96. The van der Waals surface area contributed by atoms with Crippen LogP contribution in [0.3, 0.4) is 0 Å². The van der Waals surface area contributed by atoms with E-state index in [1.165, 1.54) is 5.56 Å². The summed E-state index contributed by atoms with van der Waals surface area (Å²) < 4.78 is 5.60. The summed E-state index contributed by atoms with van der Waals surface area (Å²) in [5.41, 5.74) is 2.09. The number of terminal acetylenes is 1. The quantitative estimate of drug-likeness (QED) is 0.659. The Kier molecular flexibility index (Phi) is 4.22. The Hall–Kier alpha value is -1.26. The van der Waals surface area contributed by atoms with Crippen LogP contribution in [0.5, 0.6) is 0 Å². The van der Waals surface area contributed by atoms with Crippen molar-refractivity contribution in [3.8, 4) is 12.3 Å². The molecule has 0 heterocycles. The fraction of sp³-hybridized carbons (Fsp3) is 0.385. The van der Waals surface area contributed by atoms with Crippen LogP contribution < -0.4 is 0 Å². The number of ether oxygens (including phenoxy) is 1. The van der Waals surface area contributed by atoms with Gasteiger partial charge in [-0.1, -0.05) is 25.0 Å². The highest BCUT2D eigenvalue weighted by Crippen LogP contribution is 2.16. The Morgan fingerprint density at radius 2 is 2.00 bits per heavy atom. The normalized spacial score (nSPS) is 12.1. The van der Waals surface area contributed by atoms with Crippen LogP contribution in [0.2, 0.25) is 0 Å². The van der Waals surface area contributed by atoms with Crippen molar-refractivity contribution < 1.29 is 4.74 Å². The van der Waals surface area contributed by atoms with Crippen LogP contribution in [0.25, 0.3) is 0 Å². The largest absolute Gasteiger partial charge is 0.374 e. The average molecular weight is 188 g/mol. The molecule has 0 aliphatic heterocycles. The molecule has 0 aliphatic carbocycles. The predicted molar refractivity (Wildman–Crippen MR) is 59.0 cm³/mol. The standard InChI is InChI=1S/C13H16O/c1-4-10-14-11(3)13-8-6-12(5-2)7-9-13/h2,6-9,11H,4,10H2,1,3H3. The minimum Gasteiger partial charge on any atom is -0.374 e. The summed E-state index contributed by atoms with van der Waals surface area (Å²) in [7, 11) is 0. The molecule has 14 heavy (non-hydrogen) atoms.